The molecule has 0 atom stereocenters. The summed E-state index contributed by atoms with van der Waals surface area (Å²) in [4.78, 5) is 14.4. The first-order valence-corrected chi connectivity index (χ1v) is 18.8. The fourth-order valence-corrected chi connectivity index (χ4v) is 8.54. The minimum Gasteiger partial charge on any atom is -0.505 e. The average molecular weight is 656 g/mol. The maximum atomic E-state index is 14.2. The van der Waals surface area contributed by atoms with Gasteiger partial charge in [-0.05, 0) is 82.6 Å². The number of nitrogens with zero attached hydrogens (tertiary/aromatic N) is 5. The van der Waals surface area contributed by atoms with Crippen LogP contribution in [-0.4, -0.2) is 104 Å². The number of pyridine rings is 1. The van der Waals surface area contributed by atoms with Gasteiger partial charge in [0.2, 0.25) is 9.84 Å². The van der Waals surface area contributed by atoms with Gasteiger partial charge in [0.15, 0.2) is 11.6 Å². The van der Waals surface area contributed by atoms with Gasteiger partial charge in [0, 0.05) is 62.9 Å². The molecule has 3 aliphatic rings. The number of anilines is 1. The summed E-state index contributed by atoms with van der Waals surface area (Å²) in [6, 6.07) is 10.3. The molecule has 46 heavy (non-hydrogen) atoms. The molecular formula is C36H54FN5O3S. The van der Waals surface area contributed by atoms with E-state index in [4.69, 9.17) is 0 Å². The van der Waals surface area contributed by atoms with Gasteiger partial charge in [-0.2, -0.15) is 0 Å². The number of hydrogen-bond donors (Lipinski definition) is 1. The van der Waals surface area contributed by atoms with Gasteiger partial charge in [0.1, 0.15) is 4.90 Å². The van der Waals surface area contributed by atoms with Gasteiger partial charge >= 0.3 is 0 Å². The number of phenolic OH excluding ortho intramolecular Hbond substituents is 1. The highest BCUT2D eigenvalue weighted by Gasteiger charge is 2.34. The summed E-state index contributed by atoms with van der Waals surface area (Å²) in [5.41, 5.74) is 2.39. The molecule has 1 aromatic heterocycles. The molecule has 0 unspecified atom stereocenters. The zero-order valence-corrected chi connectivity index (χ0v) is 29.5. The Morgan fingerprint density at radius 1 is 0.826 bits per heavy atom. The number of rotatable bonds is 6. The van der Waals surface area contributed by atoms with Gasteiger partial charge in [0.05, 0.1) is 16.1 Å². The molecule has 3 saturated heterocycles. The number of piperidine rings is 2. The van der Waals surface area contributed by atoms with Gasteiger partial charge in [0.25, 0.3) is 0 Å². The summed E-state index contributed by atoms with van der Waals surface area (Å²) >= 11 is 0. The normalized spacial score (nSPS) is 19.3. The van der Waals surface area contributed by atoms with Crippen LogP contribution in [0.25, 0.3) is 10.9 Å². The lowest BCUT2D eigenvalue weighted by Crippen LogP contribution is -2.55. The van der Waals surface area contributed by atoms with E-state index in [1.165, 1.54) is 51.3 Å². The second kappa shape index (κ2) is 16.4. The van der Waals surface area contributed by atoms with E-state index in [0.29, 0.717) is 17.8 Å². The smallest absolute Gasteiger partial charge is 0.210 e. The topological polar surface area (TPSA) is 80.2 Å². The highest BCUT2D eigenvalue weighted by atomic mass is 32.2. The molecule has 254 valence electrons. The van der Waals surface area contributed by atoms with E-state index in [1.807, 2.05) is 52.8 Å². The molecule has 6 rings (SSSR count). The number of aromatic nitrogens is 1. The molecule has 10 heteroatoms. The molecule has 0 radical (unpaired) electrons. The van der Waals surface area contributed by atoms with Crippen molar-refractivity contribution >= 4 is 26.4 Å². The molecule has 0 amide bonds. The van der Waals surface area contributed by atoms with Gasteiger partial charge in [-0.1, -0.05) is 46.2 Å². The predicted octanol–water partition coefficient (Wildman–Crippen LogP) is 6.34. The van der Waals surface area contributed by atoms with Crippen molar-refractivity contribution in [1.29, 1.82) is 0 Å². The lowest BCUT2D eigenvalue weighted by atomic mass is 9.96. The van der Waals surface area contributed by atoms with Gasteiger partial charge < -0.3 is 19.8 Å². The van der Waals surface area contributed by atoms with Gasteiger partial charge in [-0.3, -0.25) is 9.88 Å². The average Bonchev–Trinajstić information content (AvgIpc) is 3.11. The zero-order chi connectivity index (χ0) is 33.4. The van der Waals surface area contributed by atoms with Crippen LogP contribution in [0, 0.1) is 12.7 Å². The number of aryl methyl sites for hydroxylation is 1. The van der Waals surface area contributed by atoms with E-state index in [1.54, 1.807) is 0 Å². The number of halogens is 1. The number of aromatic hydroxyl groups is 1. The van der Waals surface area contributed by atoms with Crippen LogP contribution in [-0.2, 0) is 9.84 Å². The van der Waals surface area contributed by atoms with Crippen LogP contribution in [0.5, 0.6) is 5.75 Å². The summed E-state index contributed by atoms with van der Waals surface area (Å²) in [6.07, 6.45) is 5.76. The number of piperazine rings is 1. The number of likely N-dealkylation sites (N-methyl/N-ethyl adjacent to an activating group) is 1. The van der Waals surface area contributed by atoms with Crippen molar-refractivity contribution in [1.82, 2.24) is 19.7 Å². The van der Waals surface area contributed by atoms with Crippen LogP contribution in [0.4, 0.5) is 10.1 Å². The number of hydrogen-bond acceptors (Lipinski definition) is 8. The van der Waals surface area contributed by atoms with Crippen molar-refractivity contribution in [3.8, 4) is 5.75 Å². The van der Waals surface area contributed by atoms with E-state index in [9.17, 15) is 17.9 Å². The molecule has 3 fully saturated rings. The lowest BCUT2D eigenvalue weighted by Gasteiger charge is -2.46. The summed E-state index contributed by atoms with van der Waals surface area (Å²) in [5.74, 6) is -1.54. The highest BCUT2D eigenvalue weighted by Crippen LogP contribution is 2.38. The van der Waals surface area contributed by atoms with Crippen LogP contribution >= 0.6 is 0 Å². The number of fused-ring (bicyclic) bond motifs is 1. The Bertz CT molecular complexity index is 1530. The Hall–Kier alpha value is -2.79. The second-order valence-corrected chi connectivity index (χ2v) is 14.0. The minimum absolute atomic E-state index is 0.0770. The van der Waals surface area contributed by atoms with Crippen LogP contribution < -0.4 is 4.90 Å². The maximum absolute atomic E-state index is 14.2. The predicted molar refractivity (Wildman–Crippen MR) is 186 cm³/mol. The van der Waals surface area contributed by atoms with E-state index >= 15 is 0 Å². The second-order valence-electron chi connectivity index (χ2n) is 12.1. The van der Waals surface area contributed by atoms with E-state index in [2.05, 4.69) is 31.5 Å². The van der Waals surface area contributed by atoms with Crippen molar-refractivity contribution in [3.05, 3.63) is 54.0 Å². The first kappa shape index (κ1) is 36.1. The molecular weight excluding hydrogens is 601 g/mol. The third-order valence-electron chi connectivity index (χ3n) is 9.65. The Morgan fingerprint density at radius 3 is 2.00 bits per heavy atom. The number of benzene rings is 2. The fourth-order valence-electron chi connectivity index (χ4n) is 7.09. The van der Waals surface area contributed by atoms with Crippen LogP contribution in [0.15, 0.2) is 52.4 Å². The third-order valence-corrected chi connectivity index (χ3v) is 11.4. The van der Waals surface area contributed by atoms with Crippen LogP contribution in [0.2, 0.25) is 0 Å². The maximum Gasteiger partial charge on any atom is 0.210 e. The Balaban J connectivity index is 0.00000116. The quantitative estimate of drug-likeness (QED) is 0.330. The molecule has 4 heterocycles. The van der Waals surface area contributed by atoms with E-state index < -0.39 is 21.4 Å². The van der Waals surface area contributed by atoms with Crippen molar-refractivity contribution in [2.24, 2.45) is 0 Å². The third kappa shape index (κ3) is 7.84. The van der Waals surface area contributed by atoms with E-state index in [0.717, 1.165) is 74.2 Å². The standard InChI is InChI=1S/C32H42FN5O3S.2C2H6/c1-3-35-16-18-37(19-17-35)25-8-12-36(13-9-25)24-10-14-38(15-11-24)32-27-20-23(2)4-6-29(27)34-22-31(32)42(40,41)26-5-7-30(39)28(33)21-26;2*1-2/h4-7,20-22,24-25,39H,3,8-19H2,1-2H3;2*1-2H3. The summed E-state index contributed by atoms with van der Waals surface area (Å²) < 4.78 is 42.0. The van der Waals surface area contributed by atoms with Crippen LogP contribution in [0.3, 0.4) is 0 Å². The largest absolute Gasteiger partial charge is 0.505 e. The zero-order valence-electron chi connectivity index (χ0n) is 28.7. The van der Waals surface area contributed by atoms with Gasteiger partial charge in [-0.25, -0.2) is 12.8 Å². The monoisotopic (exact) mass is 655 g/mol. The minimum atomic E-state index is -4.09. The number of sulfone groups is 1. The highest BCUT2D eigenvalue weighted by molar-refractivity contribution is 7.91. The Morgan fingerprint density at radius 2 is 1.41 bits per heavy atom. The van der Waals surface area contributed by atoms with Crippen molar-refractivity contribution in [2.45, 2.75) is 89.1 Å². The molecule has 8 nitrogen and oxygen atoms in total. The van der Waals surface area contributed by atoms with Gasteiger partial charge in [-0.15, -0.1) is 0 Å². The Labute approximate surface area is 276 Å². The first-order valence-electron chi connectivity index (χ1n) is 17.3. The molecule has 0 bridgehead atoms. The van der Waals surface area contributed by atoms with Crippen molar-refractivity contribution in [2.75, 3.05) is 63.8 Å². The van der Waals surface area contributed by atoms with Crippen molar-refractivity contribution < 1.29 is 17.9 Å². The molecule has 1 N–H and O–H groups in total. The Kier molecular flexibility index (Phi) is 12.8. The molecule has 3 aliphatic heterocycles. The molecule has 0 aliphatic carbocycles. The van der Waals surface area contributed by atoms with Crippen molar-refractivity contribution in [3.63, 3.8) is 0 Å². The summed E-state index contributed by atoms with van der Waals surface area (Å²) in [6.45, 7) is 21.8. The number of likely N-dealkylation sites (tertiary alicyclic amines) is 1. The summed E-state index contributed by atoms with van der Waals surface area (Å²) in [7, 11) is -4.09. The van der Waals surface area contributed by atoms with Crippen LogP contribution in [0.1, 0.15) is 65.9 Å². The fraction of sp³-hybridized carbons (Fsp3) is 0.583. The molecule has 2 aromatic carbocycles. The number of phenols is 1. The van der Waals surface area contributed by atoms with E-state index in [-0.39, 0.29) is 9.79 Å². The molecule has 0 saturated carbocycles. The lowest BCUT2D eigenvalue weighted by molar-refractivity contribution is 0.0449. The molecule has 3 aromatic rings. The summed E-state index contributed by atoms with van der Waals surface area (Å²) in [5, 5.41) is 10.4. The first-order chi connectivity index (χ1) is 22.2. The molecule has 0 spiro atoms. The SMILES string of the molecule is CC.CC.CCN1CCN(C2CCN(C3CCN(c4c(S(=O)(=O)c5ccc(O)c(F)c5)cnc5ccc(C)cc45)CC3)CC2)CC1.